The maximum atomic E-state index is 2.53. The first-order valence-corrected chi connectivity index (χ1v) is 15.2. The average Bonchev–Trinajstić information content (AvgIpc) is 3.67. The molecule has 0 bridgehead atoms. The van der Waals surface area contributed by atoms with Crippen LogP contribution in [-0.4, -0.2) is 4.57 Å². The zero-order valence-corrected chi connectivity index (χ0v) is 22.9. The predicted octanol–water partition coefficient (Wildman–Crippen LogP) is 11.3. The standard InChI is InChI=1S/C36H20N2S2/c1-5-14-30-22(8-1)26-20-21(16-18-32(26)39-30)37-27-11-3-4-12-28(27)38-35-23(10-7-13-29(35)37)24-17-19-33-34(36(24)38)25-9-2-6-15-31(25)40-33/h1-20H. The molecule has 0 N–H and O–H groups in total. The summed E-state index contributed by atoms with van der Waals surface area (Å²) in [7, 11) is 0. The molecule has 0 radical (unpaired) electrons. The van der Waals surface area contributed by atoms with Gasteiger partial charge in [0, 0.05) is 56.8 Å². The lowest BCUT2D eigenvalue weighted by atomic mass is 10.1. The van der Waals surface area contributed by atoms with Gasteiger partial charge in [-0.25, -0.2) is 0 Å². The van der Waals surface area contributed by atoms with E-state index in [9.17, 15) is 0 Å². The molecule has 10 rings (SSSR count). The van der Waals surface area contributed by atoms with Crippen LogP contribution in [-0.2, 0) is 0 Å². The van der Waals surface area contributed by atoms with Gasteiger partial charge >= 0.3 is 0 Å². The highest BCUT2D eigenvalue weighted by molar-refractivity contribution is 7.26. The van der Waals surface area contributed by atoms with Gasteiger partial charge in [0.15, 0.2) is 0 Å². The lowest BCUT2D eigenvalue weighted by Gasteiger charge is -2.33. The van der Waals surface area contributed by atoms with E-state index in [-0.39, 0.29) is 0 Å². The molecule has 2 nitrogen and oxygen atoms in total. The number of rotatable bonds is 1. The molecule has 1 aliphatic rings. The van der Waals surface area contributed by atoms with E-state index in [0.29, 0.717) is 0 Å². The second kappa shape index (κ2) is 7.51. The first-order valence-electron chi connectivity index (χ1n) is 13.5. The third kappa shape index (κ3) is 2.58. The maximum Gasteiger partial charge on any atom is 0.0783 e. The molecule has 0 saturated carbocycles. The van der Waals surface area contributed by atoms with Crippen molar-refractivity contribution in [2.24, 2.45) is 0 Å². The molecule has 1 aliphatic heterocycles. The Balaban J connectivity index is 1.37. The van der Waals surface area contributed by atoms with Gasteiger partial charge in [-0.2, -0.15) is 0 Å². The first-order chi connectivity index (χ1) is 19.8. The van der Waals surface area contributed by atoms with Crippen molar-refractivity contribution >= 4 is 102 Å². The number of fused-ring (bicyclic) bond motifs is 12. The number of thiophene rings is 2. The lowest BCUT2D eigenvalue weighted by molar-refractivity contribution is 1.12. The third-order valence-corrected chi connectivity index (χ3v) is 10.8. The van der Waals surface area contributed by atoms with Crippen LogP contribution in [0.5, 0.6) is 0 Å². The molecule has 186 valence electrons. The minimum Gasteiger partial charge on any atom is -0.306 e. The first kappa shape index (κ1) is 21.2. The summed E-state index contributed by atoms with van der Waals surface area (Å²) in [6.45, 7) is 0. The van der Waals surface area contributed by atoms with Gasteiger partial charge in [0.2, 0.25) is 0 Å². The highest BCUT2D eigenvalue weighted by Gasteiger charge is 2.29. The summed E-state index contributed by atoms with van der Waals surface area (Å²) in [5, 5.41) is 7.95. The van der Waals surface area contributed by atoms with Crippen LogP contribution in [0.4, 0.5) is 17.1 Å². The summed E-state index contributed by atoms with van der Waals surface area (Å²) in [6, 6.07) is 44.9. The van der Waals surface area contributed by atoms with E-state index in [0.717, 1.165) is 0 Å². The van der Waals surface area contributed by atoms with Crippen molar-refractivity contribution in [2.75, 3.05) is 4.90 Å². The SMILES string of the molecule is c1ccc2c(c1)N(c1ccc3sc4ccccc4c3c1)c1cccc3c4ccc5sc6ccccc6c5c4n-2c13. The zero-order chi connectivity index (χ0) is 25.9. The van der Waals surface area contributed by atoms with Crippen molar-refractivity contribution < 1.29 is 0 Å². The highest BCUT2D eigenvalue weighted by Crippen LogP contribution is 2.52. The van der Waals surface area contributed by atoms with Crippen LogP contribution in [0, 0.1) is 0 Å². The van der Waals surface area contributed by atoms with Crippen LogP contribution in [0.15, 0.2) is 121 Å². The summed E-state index contributed by atoms with van der Waals surface area (Å²) in [5.74, 6) is 0. The van der Waals surface area contributed by atoms with Crippen LogP contribution in [0.1, 0.15) is 0 Å². The normalized spacial score (nSPS) is 12.9. The molecule has 0 atom stereocenters. The monoisotopic (exact) mass is 544 g/mol. The van der Waals surface area contributed by atoms with Gasteiger partial charge < -0.3 is 9.47 Å². The van der Waals surface area contributed by atoms with Gasteiger partial charge in [-0.1, -0.05) is 66.7 Å². The number of benzene rings is 6. The lowest BCUT2D eigenvalue weighted by Crippen LogP contribution is -2.18. The molecule has 0 aliphatic carbocycles. The molecule has 6 aromatic carbocycles. The van der Waals surface area contributed by atoms with E-state index in [2.05, 4.69) is 131 Å². The molecule has 0 spiro atoms. The van der Waals surface area contributed by atoms with E-state index in [1.165, 1.54) is 84.9 Å². The predicted molar refractivity (Wildman–Crippen MR) is 175 cm³/mol. The van der Waals surface area contributed by atoms with Gasteiger partial charge in [-0.05, 0) is 54.6 Å². The quantitative estimate of drug-likeness (QED) is 0.199. The van der Waals surface area contributed by atoms with Crippen molar-refractivity contribution in [2.45, 2.75) is 0 Å². The summed E-state index contributed by atoms with van der Waals surface area (Å²) >= 11 is 3.76. The Kier molecular flexibility index (Phi) is 3.98. The molecule has 0 saturated heterocycles. The van der Waals surface area contributed by atoms with E-state index >= 15 is 0 Å². The van der Waals surface area contributed by atoms with Gasteiger partial charge in [-0.3, -0.25) is 0 Å². The molecule has 0 amide bonds. The zero-order valence-electron chi connectivity index (χ0n) is 21.3. The Morgan fingerprint density at radius 1 is 0.400 bits per heavy atom. The number of aromatic nitrogens is 1. The topological polar surface area (TPSA) is 8.17 Å². The van der Waals surface area contributed by atoms with E-state index in [1.54, 1.807) is 0 Å². The molecule has 4 heterocycles. The molecule has 4 heteroatoms. The maximum absolute atomic E-state index is 2.53. The number of nitrogens with zero attached hydrogens (tertiary/aromatic N) is 2. The van der Waals surface area contributed by atoms with Crippen LogP contribution in [0.25, 0.3) is 67.8 Å². The summed E-state index contributed by atoms with van der Waals surface area (Å²) in [5.41, 5.74) is 7.42. The number of hydrogen-bond donors (Lipinski definition) is 0. The number of anilines is 3. The van der Waals surface area contributed by atoms with Crippen LogP contribution >= 0.6 is 22.7 Å². The van der Waals surface area contributed by atoms with Crippen LogP contribution in [0.2, 0.25) is 0 Å². The molecule has 9 aromatic rings. The van der Waals surface area contributed by atoms with Gasteiger partial charge in [-0.15, -0.1) is 22.7 Å². The van der Waals surface area contributed by atoms with Crippen molar-refractivity contribution in [3.05, 3.63) is 121 Å². The molecule has 0 fully saturated rings. The van der Waals surface area contributed by atoms with Crippen molar-refractivity contribution in [1.82, 2.24) is 4.57 Å². The fourth-order valence-corrected chi connectivity index (χ4v) is 9.06. The Morgan fingerprint density at radius 2 is 1.02 bits per heavy atom. The summed E-state index contributed by atoms with van der Waals surface area (Å²) in [6.07, 6.45) is 0. The van der Waals surface area contributed by atoms with Crippen molar-refractivity contribution in [3.8, 4) is 5.69 Å². The minimum atomic E-state index is 1.19. The molecular formula is C36H20N2S2. The van der Waals surface area contributed by atoms with E-state index in [1.807, 2.05) is 22.7 Å². The fraction of sp³-hybridized carbons (Fsp3) is 0. The Morgan fingerprint density at radius 3 is 1.93 bits per heavy atom. The fourth-order valence-electron chi connectivity index (χ4n) is 6.87. The minimum absolute atomic E-state index is 1.19. The van der Waals surface area contributed by atoms with Crippen molar-refractivity contribution in [1.29, 1.82) is 0 Å². The van der Waals surface area contributed by atoms with E-state index in [4.69, 9.17) is 0 Å². The molecule has 3 aromatic heterocycles. The second-order valence-corrected chi connectivity index (χ2v) is 12.7. The van der Waals surface area contributed by atoms with E-state index < -0.39 is 0 Å². The van der Waals surface area contributed by atoms with Gasteiger partial charge in [0.25, 0.3) is 0 Å². The van der Waals surface area contributed by atoms with Gasteiger partial charge in [0.1, 0.15) is 0 Å². The van der Waals surface area contributed by atoms with Crippen LogP contribution in [0.3, 0.4) is 0 Å². The third-order valence-electron chi connectivity index (χ3n) is 8.49. The average molecular weight is 545 g/mol. The van der Waals surface area contributed by atoms with Crippen molar-refractivity contribution in [3.63, 3.8) is 0 Å². The molecular weight excluding hydrogens is 525 g/mol. The van der Waals surface area contributed by atoms with Crippen LogP contribution < -0.4 is 4.90 Å². The summed E-state index contributed by atoms with van der Waals surface area (Å²) < 4.78 is 7.87. The smallest absolute Gasteiger partial charge is 0.0783 e. The second-order valence-electron chi connectivity index (χ2n) is 10.5. The molecule has 40 heavy (non-hydrogen) atoms. The number of para-hydroxylation sites is 3. The highest BCUT2D eigenvalue weighted by atomic mass is 32.1. The summed E-state index contributed by atoms with van der Waals surface area (Å²) in [4.78, 5) is 2.46. The Hall–Kier alpha value is -4.64. The largest absolute Gasteiger partial charge is 0.306 e. The molecule has 0 unspecified atom stereocenters. The number of hydrogen-bond acceptors (Lipinski definition) is 3. The van der Waals surface area contributed by atoms with Gasteiger partial charge in [0.05, 0.1) is 28.1 Å². The Labute approximate surface area is 237 Å². The Bertz CT molecular complexity index is 2510.